The summed E-state index contributed by atoms with van der Waals surface area (Å²) < 4.78 is 70.3. The topological polar surface area (TPSA) is 191 Å². The molecule has 10 bridgehead atoms. The maximum absolute atomic E-state index is 14.3. The number of amides is 1. The highest BCUT2D eigenvalue weighted by molar-refractivity contribution is 5.79. The minimum Gasteiger partial charge on any atom is -0.444 e. The molecule has 8 heterocycles. The maximum Gasteiger partial charge on any atom is 0.407 e. The van der Waals surface area contributed by atoms with E-state index in [9.17, 15) is 19.8 Å². The number of hydrogen-bond acceptors (Lipinski definition) is 16. The number of nitrogens with zero attached hydrogens (tertiary/aromatic N) is 1. The standard InChI is InChI=1S/C52H84N2O15/c1-30-21-35-9-11-40-31(2)22-37(62-40)13-14-52-28-39(57)48(68-52)45-27-46(67-52)49-41(65-45)12-10-36(64-49)23-33(55)24-38-43(26-42(63-35)32(30)3)66-44(47(38)59-8)25-34(56)29-54(7)16-18-61-20-19-60-17-15-53-50(58)69-51(4,5)6/h30,34-49,56-57H,2-3,9-29H2,1,4-8H3,(H,53,58)/t30-,34+,35+,36-,37+,38+,39-,40+,41+,42-,43+,44-,45-,46-,47-,48+,49+,52-/m1/s1. The Balaban J connectivity index is 0.898. The van der Waals surface area contributed by atoms with Crippen LogP contribution < -0.4 is 5.32 Å². The summed E-state index contributed by atoms with van der Waals surface area (Å²) in [5.74, 6) is -0.942. The number of Topliss-reactive ketones (excluding diaryl/α,β-unsaturated/α-hetero) is 1. The quantitative estimate of drug-likeness (QED) is 0.156. The Morgan fingerprint density at radius 3 is 2.38 bits per heavy atom. The lowest BCUT2D eigenvalue weighted by Crippen LogP contribution is -2.58. The Kier molecular flexibility index (Phi) is 18.0. The van der Waals surface area contributed by atoms with Gasteiger partial charge in [-0.1, -0.05) is 20.1 Å². The van der Waals surface area contributed by atoms with Crippen LogP contribution in [0, 0.1) is 11.8 Å². The average Bonchev–Trinajstić information content (AvgIpc) is 3.89. The molecule has 0 radical (unpaired) electrons. The third-order valence-corrected chi connectivity index (χ3v) is 15.8. The first-order valence-corrected chi connectivity index (χ1v) is 26.2. The Morgan fingerprint density at radius 1 is 0.841 bits per heavy atom. The van der Waals surface area contributed by atoms with Crippen LogP contribution in [0.1, 0.15) is 118 Å². The summed E-state index contributed by atoms with van der Waals surface area (Å²) in [6.45, 7) is 19.5. The second-order valence-electron chi connectivity index (χ2n) is 22.4. The molecule has 0 aliphatic carbocycles. The van der Waals surface area contributed by atoms with Crippen molar-refractivity contribution in [3.05, 3.63) is 24.3 Å². The van der Waals surface area contributed by atoms with Gasteiger partial charge in [0.25, 0.3) is 0 Å². The number of likely N-dealkylation sites (N-methyl/N-ethyl adjacent to an activating group) is 1. The van der Waals surface area contributed by atoms with Crippen molar-refractivity contribution in [3.8, 4) is 0 Å². The molecule has 8 aliphatic rings. The first-order valence-electron chi connectivity index (χ1n) is 26.2. The Bertz CT molecular complexity index is 1750. The Labute approximate surface area is 409 Å². The molecule has 392 valence electrons. The molecule has 1 spiro atoms. The number of ketones is 1. The molecule has 8 rings (SSSR count). The van der Waals surface area contributed by atoms with Crippen LogP contribution in [-0.4, -0.2) is 190 Å². The minimum atomic E-state index is -0.972. The van der Waals surface area contributed by atoms with E-state index in [-0.39, 0.29) is 91.5 Å². The van der Waals surface area contributed by atoms with E-state index in [1.165, 1.54) is 0 Å². The molecule has 0 aromatic carbocycles. The molecule has 0 aromatic rings. The summed E-state index contributed by atoms with van der Waals surface area (Å²) in [7, 11) is 3.61. The molecular weight excluding hydrogens is 893 g/mol. The van der Waals surface area contributed by atoms with Crippen LogP contribution in [-0.2, 0) is 56.9 Å². The lowest BCUT2D eigenvalue weighted by atomic mass is 9.81. The van der Waals surface area contributed by atoms with Gasteiger partial charge in [-0.3, -0.25) is 4.79 Å². The van der Waals surface area contributed by atoms with Gasteiger partial charge in [0.2, 0.25) is 0 Å². The molecule has 8 fully saturated rings. The van der Waals surface area contributed by atoms with Crippen molar-refractivity contribution in [1.82, 2.24) is 10.2 Å². The second kappa shape index (κ2) is 23.4. The molecule has 69 heavy (non-hydrogen) atoms. The van der Waals surface area contributed by atoms with Gasteiger partial charge in [0.1, 0.15) is 23.6 Å². The van der Waals surface area contributed by atoms with Crippen LogP contribution in [0.15, 0.2) is 24.3 Å². The first-order chi connectivity index (χ1) is 32.9. The number of ether oxygens (including phenoxy) is 11. The molecule has 18 atom stereocenters. The number of nitrogens with one attached hydrogen (secondary N) is 1. The van der Waals surface area contributed by atoms with E-state index in [0.717, 1.165) is 43.3 Å². The summed E-state index contributed by atoms with van der Waals surface area (Å²) >= 11 is 0. The molecule has 17 nitrogen and oxygen atoms in total. The van der Waals surface area contributed by atoms with Crippen molar-refractivity contribution in [2.24, 2.45) is 11.8 Å². The zero-order valence-electron chi connectivity index (χ0n) is 42.2. The Morgan fingerprint density at radius 2 is 1.59 bits per heavy atom. The predicted molar refractivity (Wildman–Crippen MR) is 253 cm³/mol. The van der Waals surface area contributed by atoms with Crippen molar-refractivity contribution < 1.29 is 71.9 Å². The van der Waals surface area contributed by atoms with Crippen LogP contribution >= 0.6 is 0 Å². The van der Waals surface area contributed by atoms with Crippen LogP contribution in [0.3, 0.4) is 0 Å². The number of carbonyl (C=O) groups excluding carboxylic acids is 2. The van der Waals surface area contributed by atoms with Crippen molar-refractivity contribution in [3.63, 3.8) is 0 Å². The van der Waals surface area contributed by atoms with Crippen molar-refractivity contribution >= 4 is 11.9 Å². The third-order valence-electron chi connectivity index (χ3n) is 15.8. The molecule has 17 heteroatoms. The van der Waals surface area contributed by atoms with Gasteiger partial charge in [-0.15, -0.1) is 0 Å². The highest BCUT2D eigenvalue weighted by atomic mass is 16.7. The average molecular weight is 977 g/mol. The highest BCUT2D eigenvalue weighted by Gasteiger charge is 2.59. The molecular formula is C52H84N2O15. The van der Waals surface area contributed by atoms with E-state index in [1.807, 2.05) is 32.7 Å². The summed E-state index contributed by atoms with van der Waals surface area (Å²) in [5, 5.41) is 25.4. The smallest absolute Gasteiger partial charge is 0.407 e. The van der Waals surface area contributed by atoms with Crippen LogP contribution in [0.4, 0.5) is 4.79 Å². The summed E-state index contributed by atoms with van der Waals surface area (Å²) in [4.78, 5) is 28.2. The van der Waals surface area contributed by atoms with Gasteiger partial charge in [0.05, 0.1) is 106 Å². The van der Waals surface area contributed by atoms with E-state index < -0.39 is 48.0 Å². The zero-order valence-corrected chi connectivity index (χ0v) is 42.2. The number of methoxy groups -OCH3 is 1. The van der Waals surface area contributed by atoms with Crippen LogP contribution in [0.2, 0.25) is 0 Å². The van der Waals surface area contributed by atoms with Crippen molar-refractivity contribution in [1.29, 1.82) is 0 Å². The maximum atomic E-state index is 14.3. The van der Waals surface area contributed by atoms with E-state index in [4.69, 9.17) is 52.1 Å². The van der Waals surface area contributed by atoms with Gasteiger partial charge in [-0.25, -0.2) is 4.79 Å². The number of aliphatic hydroxyl groups excluding tert-OH is 2. The molecule has 0 unspecified atom stereocenters. The zero-order chi connectivity index (χ0) is 49.0. The lowest BCUT2D eigenvalue weighted by molar-refractivity contribution is -0.277. The molecule has 1 amide bonds. The molecule has 3 N–H and O–H groups in total. The van der Waals surface area contributed by atoms with Crippen molar-refractivity contribution in [2.45, 2.75) is 221 Å². The molecule has 8 saturated heterocycles. The van der Waals surface area contributed by atoms with E-state index in [0.29, 0.717) is 91.0 Å². The van der Waals surface area contributed by atoms with Gasteiger partial charge in [0.15, 0.2) is 5.79 Å². The number of aliphatic hydroxyl groups is 2. The largest absolute Gasteiger partial charge is 0.444 e. The van der Waals surface area contributed by atoms with Gasteiger partial charge in [0, 0.05) is 77.6 Å². The second-order valence-corrected chi connectivity index (χ2v) is 22.4. The van der Waals surface area contributed by atoms with Crippen LogP contribution in [0.5, 0.6) is 0 Å². The monoisotopic (exact) mass is 977 g/mol. The van der Waals surface area contributed by atoms with Gasteiger partial charge in [-0.05, 0) is 89.8 Å². The Hall–Kier alpha value is -2.10. The van der Waals surface area contributed by atoms with Gasteiger partial charge < -0.3 is 72.5 Å². The normalized spacial score (nSPS) is 41.1. The summed E-state index contributed by atoms with van der Waals surface area (Å²) in [6.07, 6.45) is 2.70. The fourth-order valence-corrected chi connectivity index (χ4v) is 12.4. The van der Waals surface area contributed by atoms with E-state index in [2.05, 4.69) is 25.4 Å². The number of hydrogen-bond donors (Lipinski definition) is 3. The first kappa shape index (κ1) is 53.2. The fourth-order valence-electron chi connectivity index (χ4n) is 12.4. The molecule has 0 saturated carbocycles. The minimum absolute atomic E-state index is 0.00771. The van der Waals surface area contributed by atoms with Crippen LogP contribution in [0.25, 0.3) is 0 Å². The van der Waals surface area contributed by atoms with E-state index >= 15 is 0 Å². The highest BCUT2D eigenvalue weighted by Crippen LogP contribution is 2.49. The van der Waals surface area contributed by atoms with Gasteiger partial charge in [-0.2, -0.15) is 0 Å². The predicted octanol–water partition coefficient (Wildman–Crippen LogP) is 4.95. The number of alkyl carbamates (subject to hydrolysis) is 1. The van der Waals surface area contributed by atoms with Crippen molar-refractivity contribution in [2.75, 3.05) is 60.2 Å². The van der Waals surface area contributed by atoms with E-state index in [1.54, 1.807) is 7.11 Å². The summed E-state index contributed by atoms with van der Waals surface area (Å²) in [5.41, 5.74) is 1.57. The summed E-state index contributed by atoms with van der Waals surface area (Å²) in [6, 6.07) is 0. The number of fused-ring (bicyclic) bond motifs is 9. The molecule has 8 aliphatic heterocycles. The SMILES string of the molecule is C=C1C[C@@H]2CC[C@]34C[C@@H](O)[C@H](O3)[C@H]3C[C@@H](O4)[C@H]4O[C@H](CC[C@@H]4O3)CC(=O)C[C@@H]3[C@@H](OC)[C@@H](C[C@H](O)CN(C)CCOCCOCCNC(=O)OC(C)(C)C)O[C@H]3C[C@H]3O[C@@H](CC[C@@H]1O2)C[C@@H](C)C3=C. The van der Waals surface area contributed by atoms with Gasteiger partial charge >= 0.3 is 6.09 Å². The number of carbonyl (C=O) groups is 2. The fraction of sp³-hybridized carbons (Fsp3) is 0.885. The molecule has 0 aromatic heterocycles. The lowest BCUT2D eigenvalue weighted by Gasteiger charge is -2.47. The number of rotatable bonds is 14. The third kappa shape index (κ3) is 13.7.